The maximum atomic E-state index is 5.39. The maximum Gasteiger partial charge on any atom is 0.0571 e. The molecule has 0 N–H and O–H groups in total. The van der Waals surface area contributed by atoms with E-state index in [1.54, 1.807) is 0 Å². The van der Waals surface area contributed by atoms with Gasteiger partial charge in [0, 0.05) is 7.11 Å². The van der Waals surface area contributed by atoms with Crippen LogP contribution in [0, 0.1) is 6.92 Å². The van der Waals surface area contributed by atoms with Crippen molar-refractivity contribution in [3.8, 4) is 0 Å². The van der Waals surface area contributed by atoms with Crippen molar-refractivity contribution in [3.05, 3.63) is 35.4 Å². The third kappa shape index (κ3) is 2.60. The number of hydrogen-bond acceptors (Lipinski definition) is 1. The SMILES string of the molecule is COC1CCC(c2ccc(C)cc2)CC1. The van der Waals surface area contributed by atoms with Gasteiger partial charge in [0.1, 0.15) is 0 Å². The molecule has 0 aliphatic heterocycles. The van der Waals surface area contributed by atoms with Gasteiger partial charge in [-0.15, -0.1) is 0 Å². The lowest BCUT2D eigenvalue weighted by atomic mass is 9.82. The third-order valence-corrected chi connectivity index (χ3v) is 3.56. The van der Waals surface area contributed by atoms with E-state index in [9.17, 15) is 0 Å². The van der Waals surface area contributed by atoms with Gasteiger partial charge in [0.15, 0.2) is 0 Å². The Labute approximate surface area is 92.5 Å². The number of rotatable bonds is 2. The molecule has 1 aliphatic carbocycles. The first-order chi connectivity index (χ1) is 7.29. The molecule has 1 aliphatic rings. The van der Waals surface area contributed by atoms with Crippen molar-refractivity contribution in [2.45, 2.75) is 44.6 Å². The van der Waals surface area contributed by atoms with Crippen molar-refractivity contribution >= 4 is 0 Å². The van der Waals surface area contributed by atoms with E-state index in [0.29, 0.717) is 6.10 Å². The third-order valence-electron chi connectivity index (χ3n) is 3.56. The first-order valence-corrected chi connectivity index (χ1v) is 5.89. The Morgan fingerprint density at radius 2 is 1.60 bits per heavy atom. The summed E-state index contributed by atoms with van der Waals surface area (Å²) < 4.78 is 5.39. The predicted octanol–water partition coefficient (Wildman–Crippen LogP) is 3.67. The van der Waals surface area contributed by atoms with Crippen LogP contribution in [-0.2, 0) is 4.74 Å². The minimum Gasteiger partial charge on any atom is -0.381 e. The fourth-order valence-electron chi connectivity index (χ4n) is 2.47. The number of methoxy groups -OCH3 is 1. The van der Waals surface area contributed by atoms with Crippen LogP contribution in [0.4, 0.5) is 0 Å². The van der Waals surface area contributed by atoms with E-state index in [1.807, 2.05) is 7.11 Å². The molecule has 2 rings (SSSR count). The summed E-state index contributed by atoms with van der Waals surface area (Å²) in [6.45, 7) is 2.14. The first kappa shape index (κ1) is 10.7. The number of ether oxygens (including phenoxy) is 1. The quantitative estimate of drug-likeness (QED) is 0.714. The van der Waals surface area contributed by atoms with Crippen LogP contribution in [0.3, 0.4) is 0 Å². The molecule has 1 aromatic rings. The Kier molecular flexibility index (Phi) is 3.42. The summed E-state index contributed by atoms with van der Waals surface area (Å²) in [5, 5.41) is 0. The summed E-state index contributed by atoms with van der Waals surface area (Å²) in [7, 11) is 1.83. The van der Waals surface area contributed by atoms with Crippen molar-refractivity contribution in [2.24, 2.45) is 0 Å². The molecule has 1 aromatic carbocycles. The van der Waals surface area contributed by atoms with Crippen LogP contribution in [0.25, 0.3) is 0 Å². The highest BCUT2D eigenvalue weighted by Crippen LogP contribution is 2.33. The highest BCUT2D eigenvalue weighted by molar-refractivity contribution is 5.24. The molecular weight excluding hydrogens is 184 g/mol. The average molecular weight is 204 g/mol. The van der Waals surface area contributed by atoms with Gasteiger partial charge in [0.05, 0.1) is 6.10 Å². The molecule has 0 amide bonds. The van der Waals surface area contributed by atoms with E-state index in [0.717, 1.165) is 5.92 Å². The van der Waals surface area contributed by atoms with E-state index in [2.05, 4.69) is 31.2 Å². The van der Waals surface area contributed by atoms with Gasteiger partial charge in [-0.1, -0.05) is 29.8 Å². The summed E-state index contributed by atoms with van der Waals surface area (Å²) in [5.74, 6) is 0.761. The van der Waals surface area contributed by atoms with Crippen molar-refractivity contribution in [2.75, 3.05) is 7.11 Å². The molecule has 0 radical (unpaired) electrons. The van der Waals surface area contributed by atoms with Crippen LogP contribution in [0.5, 0.6) is 0 Å². The normalized spacial score (nSPS) is 26.5. The Morgan fingerprint density at radius 1 is 1.00 bits per heavy atom. The molecule has 1 fully saturated rings. The summed E-state index contributed by atoms with van der Waals surface area (Å²) in [4.78, 5) is 0. The number of aryl methyl sites for hydroxylation is 1. The Bertz CT molecular complexity index is 294. The molecule has 82 valence electrons. The largest absolute Gasteiger partial charge is 0.381 e. The van der Waals surface area contributed by atoms with Crippen molar-refractivity contribution in [1.29, 1.82) is 0 Å². The first-order valence-electron chi connectivity index (χ1n) is 5.89. The standard InChI is InChI=1S/C14H20O/c1-11-3-5-12(6-4-11)13-7-9-14(15-2)10-8-13/h3-6,13-14H,7-10H2,1-2H3. The van der Waals surface area contributed by atoms with Crippen LogP contribution >= 0.6 is 0 Å². The van der Waals surface area contributed by atoms with E-state index < -0.39 is 0 Å². The Balaban J connectivity index is 1.98. The smallest absolute Gasteiger partial charge is 0.0571 e. The van der Waals surface area contributed by atoms with E-state index in [4.69, 9.17) is 4.74 Å². The molecule has 0 aromatic heterocycles. The summed E-state index contributed by atoms with van der Waals surface area (Å²) in [6, 6.07) is 9.01. The van der Waals surface area contributed by atoms with E-state index in [1.165, 1.54) is 36.8 Å². The zero-order valence-electron chi connectivity index (χ0n) is 9.70. The molecule has 0 heterocycles. The van der Waals surface area contributed by atoms with E-state index >= 15 is 0 Å². The summed E-state index contributed by atoms with van der Waals surface area (Å²) in [6.07, 6.45) is 5.50. The van der Waals surface area contributed by atoms with Crippen molar-refractivity contribution in [3.63, 3.8) is 0 Å². The van der Waals surface area contributed by atoms with Crippen LogP contribution < -0.4 is 0 Å². The molecule has 0 unspecified atom stereocenters. The minimum atomic E-state index is 0.506. The van der Waals surface area contributed by atoms with Gasteiger partial charge in [-0.3, -0.25) is 0 Å². The highest BCUT2D eigenvalue weighted by atomic mass is 16.5. The molecule has 0 bridgehead atoms. The monoisotopic (exact) mass is 204 g/mol. The summed E-state index contributed by atoms with van der Waals surface area (Å²) in [5.41, 5.74) is 2.86. The molecule has 1 saturated carbocycles. The number of benzene rings is 1. The minimum absolute atomic E-state index is 0.506. The van der Waals surface area contributed by atoms with Crippen LogP contribution in [0.2, 0.25) is 0 Å². The molecule has 0 atom stereocenters. The molecule has 15 heavy (non-hydrogen) atoms. The topological polar surface area (TPSA) is 9.23 Å². The number of hydrogen-bond donors (Lipinski definition) is 0. The van der Waals surface area contributed by atoms with Gasteiger partial charge >= 0.3 is 0 Å². The van der Waals surface area contributed by atoms with Crippen LogP contribution in [0.1, 0.15) is 42.7 Å². The van der Waals surface area contributed by atoms with Gasteiger partial charge in [-0.2, -0.15) is 0 Å². The van der Waals surface area contributed by atoms with Gasteiger partial charge in [-0.25, -0.2) is 0 Å². The second-order valence-corrected chi connectivity index (χ2v) is 4.62. The average Bonchev–Trinajstić information content (AvgIpc) is 2.30. The molecule has 1 nitrogen and oxygen atoms in total. The van der Waals surface area contributed by atoms with Gasteiger partial charge < -0.3 is 4.74 Å². The van der Waals surface area contributed by atoms with Gasteiger partial charge in [-0.05, 0) is 44.1 Å². The molecule has 0 saturated heterocycles. The van der Waals surface area contributed by atoms with E-state index in [-0.39, 0.29) is 0 Å². The maximum absolute atomic E-state index is 5.39. The molecular formula is C14H20O. The highest BCUT2D eigenvalue weighted by Gasteiger charge is 2.21. The van der Waals surface area contributed by atoms with Crippen molar-refractivity contribution in [1.82, 2.24) is 0 Å². The van der Waals surface area contributed by atoms with Crippen molar-refractivity contribution < 1.29 is 4.74 Å². The summed E-state index contributed by atoms with van der Waals surface area (Å²) >= 11 is 0. The van der Waals surface area contributed by atoms with Crippen LogP contribution in [-0.4, -0.2) is 13.2 Å². The Morgan fingerprint density at radius 3 is 2.13 bits per heavy atom. The molecule has 0 spiro atoms. The van der Waals surface area contributed by atoms with Gasteiger partial charge in [0.25, 0.3) is 0 Å². The Hall–Kier alpha value is -0.820. The second-order valence-electron chi connectivity index (χ2n) is 4.62. The molecule has 1 heteroatoms. The van der Waals surface area contributed by atoms with Crippen LogP contribution in [0.15, 0.2) is 24.3 Å². The second kappa shape index (κ2) is 4.80. The zero-order valence-corrected chi connectivity index (χ0v) is 9.70. The zero-order chi connectivity index (χ0) is 10.7. The lowest BCUT2D eigenvalue weighted by Crippen LogP contribution is -2.19. The lowest BCUT2D eigenvalue weighted by Gasteiger charge is -2.27. The fourth-order valence-corrected chi connectivity index (χ4v) is 2.47. The lowest BCUT2D eigenvalue weighted by molar-refractivity contribution is 0.0659. The van der Waals surface area contributed by atoms with Gasteiger partial charge in [0.2, 0.25) is 0 Å². The fraction of sp³-hybridized carbons (Fsp3) is 0.571. The predicted molar refractivity (Wildman–Crippen MR) is 63.2 cm³/mol.